The molecule has 0 aromatic carbocycles. The Morgan fingerprint density at radius 3 is 2.86 bits per heavy atom. The van der Waals surface area contributed by atoms with Crippen molar-refractivity contribution in [1.29, 1.82) is 0 Å². The molecule has 0 bridgehead atoms. The summed E-state index contributed by atoms with van der Waals surface area (Å²) in [6.45, 7) is 1.96. The number of alkyl halides is 1. The maximum atomic E-state index is 11.7. The minimum Gasteiger partial charge on any atom is -0.342 e. The lowest BCUT2D eigenvalue weighted by molar-refractivity contribution is -0.132. The predicted octanol–water partition coefficient (Wildman–Crippen LogP) is 2.56. The summed E-state index contributed by atoms with van der Waals surface area (Å²) in [5, 5.41) is 0. The SMILES string of the molecule is O=C1C(Br)CCCN1CCCC1CC1. The second kappa shape index (κ2) is 4.65. The molecule has 0 radical (unpaired) electrons. The third-order valence-electron chi connectivity index (χ3n) is 3.20. The van der Waals surface area contributed by atoms with Crippen molar-refractivity contribution >= 4 is 21.8 Å². The summed E-state index contributed by atoms with van der Waals surface area (Å²) in [6, 6.07) is 0. The first-order valence-corrected chi connectivity index (χ1v) is 6.62. The lowest BCUT2D eigenvalue weighted by Gasteiger charge is -2.29. The van der Waals surface area contributed by atoms with Gasteiger partial charge in [0.15, 0.2) is 0 Å². The van der Waals surface area contributed by atoms with Gasteiger partial charge in [0.25, 0.3) is 0 Å². The van der Waals surface area contributed by atoms with E-state index in [4.69, 9.17) is 0 Å². The van der Waals surface area contributed by atoms with E-state index in [1.165, 1.54) is 25.7 Å². The van der Waals surface area contributed by atoms with E-state index in [-0.39, 0.29) is 4.83 Å². The Bertz CT molecular complexity index is 215. The molecule has 1 unspecified atom stereocenters. The van der Waals surface area contributed by atoms with E-state index in [1.54, 1.807) is 0 Å². The molecule has 2 fully saturated rings. The molecule has 1 aliphatic carbocycles. The molecule has 3 heteroatoms. The third kappa shape index (κ3) is 2.72. The topological polar surface area (TPSA) is 20.3 Å². The Labute approximate surface area is 94.2 Å². The summed E-state index contributed by atoms with van der Waals surface area (Å²) in [7, 11) is 0. The van der Waals surface area contributed by atoms with E-state index in [1.807, 2.05) is 4.90 Å². The van der Waals surface area contributed by atoms with Crippen LogP contribution in [0.1, 0.15) is 38.5 Å². The zero-order valence-electron chi connectivity index (χ0n) is 8.54. The largest absolute Gasteiger partial charge is 0.342 e. The van der Waals surface area contributed by atoms with E-state index >= 15 is 0 Å². The number of carbonyl (C=O) groups excluding carboxylic acids is 1. The molecule has 2 rings (SSSR count). The second-order valence-corrected chi connectivity index (χ2v) is 5.63. The first kappa shape index (κ1) is 10.5. The number of amides is 1. The molecular weight excluding hydrogens is 242 g/mol. The summed E-state index contributed by atoms with van der Waals surface area (Å²) in [5.74, 6) is 1.31. The average molecular weight is 260 g/mol. The fourth-order valence-corrected chi connectivity index (χ4v) is 2.71. The molecule has 1 atom stereocenters. The van der Waals surface area contributed by atoms with Crippen LogP contribution in [0.25, 0.3) is 0 Å². The molecular formula is C11H18BrNO. The van der Waals surface area contributed by atoms with Crippen LogP contribution in [0.2, 0.25) is 0 Å². The Morgan fingerprint density at radius 2 is 2.14 bits per heavy atom. The van der Waals surface area contributed by atoms with Gasteiger partial charge in [-0.25, -0.2) is 0 Å². The molecule has 14 heavy (non-hydrogen) atoms. The molecule has 0 spiro atoms. The van der Waals surface area contributed by atoms with E-state index in [0.29, 0.717) is 5.91 Å². The molecule has 1 aliphatic heterocycles. The molecule has 2 aliphatic rings. The van der Waals surface area contributed by atoms with Crippen LogP contribution < -0.4 is 0 Å². The monoisotopic (exact) mass is 259 g/mol. The predicted molar refractivity (Wildman–Crippen MR) is 60.5 cm³/mol. The highest BCUT2D eigenvalue weighted by atomic mass is 79.9. The highest BCUT2D eigenvalue weighted by molar-refractivity contribution is 9.10. The fourth-order valence-electron chi connectivity index (χ4n) is 2.09. The highest BCUT2D eigenvalue weighted by Crippen LogP contribution is 2.33. The highest BCUT2D eigenvalue weighted by Gasteiger charge is 2.27. The molecule has 0 aromatic heterocycles. The Hall–Kier alpha value is -0.0500. The summed E-state index contributed by atoms with van der Waals surface area (Å²) < 4.78 is 0. The summed E-state index contributed by atoms with van der Waals surface area (Å²) >= 11 is 3.44. The number of hydrogen-bond donors (Lipinski definition) is 0. The van der Waals surface area contributed by atoms with Gasteiger partial charge in [0, 0.05) is 13.1 Å². The summed E-state index contributed by atoms with van der Waals surface area (Å²) in [4.78, 5) is 13.8. The number of rotatable bonds is 4. The number of nitrogens with zero attached hydrogens (tertiary/aromatic N) is 1. The maximum absolute atomic E-state index is 11.7. The van der Waals surface area contributed by atoms with Crippen LogP contribution in [-0.2, 0) is 4.79 Å². The van der Waals surface area contributed by atoms with Crippen molar-refractivity contribution in [2.45, 2.75) is 43.4 Å². The van der Waals surface area contributed by atoms with Crippen molar-refractivity contribution in [3.63, 3.8) is 0 Å². The summed E-state index contributed by atoms with van der Waals surface area (Å²) in [5.41, 5.74) is 0. The lowest BCUT2D eigenvalue weighted by atomic mass is 10.1. The van der Waals surface area contributed by atoms with E-state index < -0.39 is 0 Å². The van der Waals surface area contributed by atoms with Gasteiger partial charge < -0.3 is 4.90 Å². The number of carbonyl (C=O) groups is 1. The third-order valence-corrected chi connectivity index (χ3v) is 4.05. The minimum atomic E-state index is 0.0946. The number of halogens is 1. The first-order valence-electron chi connectivity index (χ1n) is 5.70. The second-order valence-electron chi connectivity index (χ2n) is 4.52. The van der Waals surface area contributed by atoms with E-state index in [0.717, 1.165) is 31.8 Å². The standard InChI is InChI=1S/C11H18BrNO/c12-10-4-2-8-13(11(10)14)7-1-3-9-5-6-9/h9-10H,1-8H2. The van der Waals surface area contributed by atoms with Crippen molar-refractivity contribution in [3.8, 4) is 0 Å². The molecule has 1 saturated heterocycles. The molecule has 80 valence electrons. The van der Waals surface area contributed by atoms with Gasteiger partial charge in [0.05, 0.1) is 4.83 Å². The fraction of sp³-hybridized carbons (Fsp3) is 0.909. The molecule has 1 heterocycles. The van der Waals surface area contributed by atoms with Crippen LogP contribution in [0.15, 0.2) is 0 Å². The lowest BCUT2D eigenvalue weighted by Crippen LogP contribution is -2.42. The van der Waals surface area contributed by atoms with Gasteiger partial charge in [-0.1, -0.05) is 28.8 Å². The Kier molecular flexibility index (Phi) is 3.47. The maximum Gasteiger partial charge on any atom is 0.236 e. The van der Waals surface area contributed by atoms with Gasteiger partial charge in [-0.3, -0.25) is 4.79 Å². The Morgan fingerprint density at radius 1 is 1.36 bits per heavy atom. The van der Waals surface area contributed by atoms with E-state index in [9.17, 15) is 4.79 Å². The smallest absolute Gasteiger partial charge is 0.236 e. The molecule has 0 aromatic rings. The van der Waals surface area contributed by atoms with Crippen LogP contribution in [0, 0.1) is 5.92 Å². The first-order chi connectivity index (χ1) is 6.77. The molecule has 1 saturated carbocycles. The van der Waals surface area contributed by atoms with Crippen molar-refractivity contribution in [3.05, 3.63) is 0 Å². The van der Waals surface area contributed by atoms with Gasteiger partial charge in [-0.2, -0.15) is 0 Å². The molecule has 2 nitrogen and oxygen atoms in total. The Balaban J connectivity index is 1.69. The molecule has 0 N–H and O–H groups in total. The quantitative estimate of drug-likeness (QED) is 0.711. The number of piperidine rings is 1. The van der Waals surface area contributed by atoms with Crippen LogP contribution in [-0.4, -0.2) is 28.7 Å². The van der Waals surface area contributed by atoms with Crippen LogP contribution in [0.5, 0.6) is 0 Å². The van der Waals surface area contributed by atoms with Crippen molar-refractivity contribution in [2.24, 2.45) is 5.92 Å². The number of hydrogen-bond acceptors (Lipinski definition) is 1. The number of likely N-dealkylation sites (tertiary alicyclic amines) is 1. The zero-order chi connectivity index (χ0) is 9.97. The van der Waals surface area contributed by atoms with Crippen molar-refractivity contribution in [2.75, 3.05) is 13.1 Å². The molecule has 1 amide bonds. The van der Waals surface area contributed by atoms with Crippen LogP contribution >= 0.6 is 15.9 Å². The van der Waals surface area contributed by atoms with Crippen molar-refractivity contribution in [1.82, 2.24) is 4.90 Å². The van der Waals surface area contributed by atoms with Crippen molar-refractivity contribution < 1.29 is 4.79 Å². The van der Waals surface area contributed by atoms with E-state index in [2.05, 4.69) is 15.9 Å². The van der Waals surface area contributed by atoms with Gasteiger partial charge >= 0.3 is 0 Å². The van der Waals surface area contributed by atoms with Gasteiger partial charge in [-0.15, -0.1) is 0 Å². The average Bonchev–Trinajstić information content (AvgIpc) is 2.96. The zero-order valence-corrected chi connectivity index (χ0v) is 10.1. The van der Waals surface area contributed by atoms with Crippen LogP contribution in [0.3, 0.4) is 0 Å². The van der Waals surface area contributed by atoms with Gasteiger partial charge in [0.2, 0.25) is 5.91 Å². The minimum absolute atomic E-state index is 0.0946. The normalized spacial score (nSPS) is 28.2. The van der Waals surface area contributed by atoms with Gasteiger partial charge in [-0.05, 0) is 31.6 Å². The van der Waals surface area contributed by atoms with Crippen LogP contribution in [0.4, 0.5) is 0 Å². The van der Waals surface area contributed by atoms with Gasteiger partial charge in [0.1, 0.15) is 0 Å². The summed E-state index contributed by atoms with van der Waals surface area (Å²) in [6.07, 6.45) is 7.56.